The molecule has 0 aromatic carbocycles. The molecule has 9 heteroatoms. The fraction of sp³-hybridized carbons (Fsp3) is 0.538. The molecule has 1 saturated heterocycles. The van der Waals surface area contributed by atoms with Crippen LogP contribution in [0.5, 0.6) is 0 Å². The highest BCUT2D eigenvalue weighted by atomic mass is 16.2. The van der Waals surface area contributed by atoms with Crippen LogP contribution in [0.25, 0.3) is 11.2 Å². The van der Waals surface area contributed by atoms with Gasteiger partial charge in [0.25, 0.3) is 5.56 Å². The third-order valence-corrected chi connectivity index (χ3v) is 7.54. The summed E-state index contributed by atoms with van der Waals surface area (Å²) < 4.78 is 4.63. The largest absolute Gasteiger partial charge is 0.341 e. The second-order valence-electron chi connectivity index (χ2n) is 9.76. The topological polar surface area (TPSA) is 104 Å². The number of anilines is 1. The molecular formula is C26H33N7O2. The lowest BCUT2D eigenvalue weighted by atomic mass is 10.0. The van der Waals surface area contributed by atoms with Gasteiger partial charge in [-0.25, -0.2) is 4.79 Å². The van der Waals surface area contributed by atoms with Gasteiger partial charge in [-0.3, -0.25) is 23.5 Å². The number of nitrogens with two attached hydrogens (primary N) is 1. The summed E-state index contributed by atoms with van der Waals surface area (Å²) in [5.41, 5.74) is 11.8. The first-order chi connectivity index (χ1) is 16.8. The zero-order valence-corrected chi connectivity index (χ0v) is 21.0. The van der Waals surface area contributed by atoms with Crippen LogP contribution in [0.3, 0.4) is 0 Å². The summed E-state index contributed by atoms with van der Waals surface area (Å²) in [7, 11) is 1.67. The van der Waals surface area contributed by atoms with Crippen LogP contribution in [0.15, 0.2) is 9.59 Å². The normalized spacial score (nSPS) is 17.5. The van der Waals surface area contributed by atoms with Gasteiger partial charge in [-0.15, -0.1) is 5.92 Å². The Labute approximate surface area is 204 Å². The van der Waals surface area contributed by atoms with Crippen molar-refractivity contribution < 1.29 is 0 Å². The van der Waals surface area contributed by atoms with Crippen molar-refractivity contribution in [3.05, 3.63) is 48.9 Å². The third kappa shape index (κ3) is 3.86. The van der Waals surface area contributed by atoms with E-state index in [9.17, 15) is 9.59 Å². The first-order valence-electron chi connectivity index (χ1n) is 12.4. The Kier molecular flexibility index (Phi) is 6.01. The van der Waals surface area contributed by atoms with Crippen LogP contribution in [-0.2, 0) is 33.0 Å². The summed E-state index contributed by atoms with van der Waals surface area (Å²) in [6.07, 6.45) is 4.94. The molecule has 0 amide bonds. The van der Waals surface area contributed by atoms with Gasteiger partial charge >= 0.3 is 5.69 Å². The highest BCUT2D eigenvalue weighted by Crippen LogP contribution is 2.29. The Balaban J connectivity index is 1.70. The van der Waals surface area contributed by atoms with Gasteiger partial charge in [0.1, 0.15) is 0 Å². The number of hydrogen-bond donors (Lipinski definition) is 1. The van der Waals surface area contributed by atoms with E-state index in [0.29, 0.717) is 30.2 Å². The highest BCUT2D eigenvalue weighted by Gasteiger charge is 2.27. The van der Waals surface area contributed by atoms with E-state index in [-0.39, 0.29) is 23.8 Å². The Hall–Kier alpha value is -3.38. The van der Waals surface area contributed by atoms with Crippen LogP contribution in [0.2, 0.25) is 0 Å². The number of nitrogens with zero attached hydrogens (tertiary/aromatic N) is 6. The number of piperidine rings is 1. The molecule has 0 spiro atoms. The van der Waals surface area contributed by atoms with Gasteiger partial charge in [-0.2, -0.15) is 4.98 Å². The Morgan fingerprint density at radius 2 is 1.86 bits per heavy atom. The maximum Gasteiger partial charge on any atom is 0.332 e. The lowest BCUT2D eigenvalue weighted by molar-refractivity contribution is 0.496. The zero-order chi connectivity index (χ0) is 24.9. The molecule has 5 rings (SSSR count). The average molecular weight is 476 g/mol. The summed E-state index contributed by atoms with van der Waals surface area (Å²) in [5.74, 6) is 6.65. The van der Waals surface area contributed by atoms with Crippen LogP contribution < -0.4 is 21.9 Å². The zero-order valence-electron chi connectivity index (χ0n) is 21.0. The second-order valence-corrected chi connectivity index (χ2v) is 9.76. The van der Waals surface area contributed by atoms with Crippen molar-refractivity contribution in [2.75, 3.05) is 18.0 Å². The van der Waals surface area contributed by atoms with Gasteiger partial charge < -0.3 is 10.6 Å². The number of fused-ring (bicyclic) bond motifs is 2. The molecule has 184 valence electrons. The molecule has 3 aromatic heterocycles. The quantitative estimate of drug-likeness (QED) is 0.572. The molecule has 0 radical (unpaired) electrons. The summed E-state index contributed by atoms with van der Waals surface area (Å²) in [6, 6.07) is 0.0488. The maximum atomic E-state index is 13.9. The third-order valence-electron chi connectivity index (χ3n) is 7.54. The molecule has 35 heavy (non-hydrogen) atoms. The first kappa shape index (κ1) is 23.4. The van der Waals surface area contributed by atoms with E-state index in [0.717, 1.165) is 50.0 Å². The van der Waals surface area contributed by atoms with E-state index >= 15 is 0 Å². The number of pyridine rings is 1. The second kappa shape index (κ2) is 9.00. The number of hydrogen-bond acceptors (Lipinski definition) is 6. The summed E-state index contributed by atoms with van der Waals surface area (Å²) in [5, 5.41) is 0. The fourth-order valence-electron chi connectivity index (χ4n) is 5.57. The number of aryl methyl sites for hydroxylation is 2. The molecule has 4 heterocycles. The molecule has 9 nitrogen and oxygen atoms in total. The predicted molar refractivity (Wildman–Crippen MR) is 137 cm³/mol. The van der Waals surface area contributed by atoms with Crippen molar-refractivity contribution in [1.82, 2.24) is 23.7 Å². The SMILES string of the molecule is CC#CCn1c(N2CCCC(N)C2)nc2c1c(=O)n(Cc1nc(C)c(C)c3c1CCC3)c(=O)n2C. The molecule has 0 saturated carbocycles. The molecule has 0 bridgehead atoms. The van der Waals surface area contributed by atoms with Crippen LogP contribution >= 0.6 is 0 Å². The molecule has 2 N–H and O–H groups in total. The van der Waals surface area contributed by atoms with Crippen molar-refractivity contribution >= 4 is 17.1 Å². The molecular weight excluding hydrogens is 442 g/mol. The minimum Gasteiger partial charge on any atom is -0.341 e. The van der Waals surface area contributed by atoms with Gasteiger partial charge in [0.05, 0.1) is 18.8 Å². The molecule has 3 aromatic rings. The Bertz CT molecular complexity index is 1500. The summed E-state index contributed by atoms with van der Waals surface area (Å²) in [4.78, 5) is 39.0. The molecule has 1 aliphatic carbocycles. The van der Waals surface area contributed by atoms with Gasteiger partial charge in [-0.1, -0.05) is 5.92 Å². The number of rotatable bonds is 4. The van der Waals surface area contributed by atoms with Gasteiger partial charge in [-0.05, 0) is 69.6 Å². The number of imidazole rings is 1. The van der Waals surface area contributed by atoms with Crippen LogP contribution in [-0.4, -0.2) is 42.8 Å². The van der Waals surface area contributed by atoms with Crippen molar-refractivity contribution in [2.24, 2.45) is 12.8 Å². The van der Waals surface area contributed by atoms with Gasteiger partial charge in [0, 0.05) is 31.9 Å². The maximum absolute atomic E-state index is 13.9. The smallest absolute Gasteiger partial charge is 0.332 e. The van der Waals surface area contributed by atoms with Crippen molar-refractivity contribution in [2.45, 2.75) is 72.0 Å². The lowest BCUT2D eigenvalue weighted by Crippen LogP contribution is -2.44. The fourth-order valence-corrected chi connectivity index (χ4v) is 5.57. The standard InChI is InChI=1S/C26H33N7O2/c1-5-6-13-32-22-23(29-25(32)31-12-8-9-18(27)14-31)30(4)26(35)33(24(22)34)15-21-20-11-7-10-19(20)16(2)17(3)28-21/h18H,7-15,27H2,1-4H3. The molecule has 1 fully saturated rings. The van der Waals surface area contributed by atoms with E-state index in [2.05, 4.69) is 23.7 Å². The van der Waals surface area contributed by atoms with E-state index < -0.39 is 0 Å². The lowest BCUT2D eigenvalue weighted by Gasteiger charge is -2.31. The monoisotopic (exact) mass is 475 g/mol. The molecule has 1 aliphatic heterocycles. The summed E-state index contributed by atoms with van der Waals surface area (Å²) in [6.45, 7) is 7.81. The van der Waals surface area contributed by atoms with Crippen molar-refractivity contribution in [3.8, 4) is 11.8 Å². The van der Waals surface area contributed by atoms with E-state index in [4.69, 9.17) is 15.7 Å². The number of aromatic nitrogens is 5. The van der Waals surface area contributed by atoms with Crippen molar-refractivity contribution in [1.29, 1.82) is 0 Å². The average Bonchev–Trinajstić information content (AvgIpc) is 3.48. The van der Waals surface area contributed by atoms with Crippen LogP contribution in [0.1, 0.15) is 54.3 Å². The van der Waals surface area contributed by atoms with Crippen molar-refractivity contribution in [3.63, 3.8) is 0 Å². The predicted octanol–water partition coefficient (Wildman–Crippen LogP) is 1.40. The summed E-state index contributed by atoms with van der Waals surface area (Å²) >= 11 is 0. The van der Waals surface area contributed by atoms with Crippen LogP contribution in [0, 0.1) is 25.7 Å². The van der Waals surface area contributed by atoms with Crippen LogP contribution in [0.4, 0.5) is 5.95 Å². The van der Waals surface area contributed by atoms with E-state index in [1.54, 1.807) is 14.0 Å². The molecule has 1 atom stereocenters. The minimum absolute atomic E-state index is 0.0488. The molecule has 1 unspecified atom stereocenters. The Morgan fingerprint density at radius 1 is 1.09 bits per heavy atom. The van der Waals surface area contributed by atoms with Gasteiger partial charge in [0.2, 0.25) is 5.95 Å². The molecule has 2 aliphatic rings. The first-order valence-corrected chi connectivity index (χ1v) is 12.4. The van der Waals surface area contributed by atoms with E-state index in [1.165, 1.54) is 25.8 Å². The Morgan fingerprint density at radius 3 is 2.60 bits per heavy atom. The van der Waals surface area contributed by atoms with Gasteiger partial charge in [0.15, 0.2) is 11.2 Å². The highest BCUT2D eigenvalue weighted by molar-refractivity contribution is 5.75. The van der Waals surface area contributed by atoms with E-state index in [1.807, 2.05) is 11.5 Å². The minimum atomic E-state index is -0.387.